The van der Waals surface area contributed by atoms with Crippen LogP contribution in [0.1, 0.15) is 11.1 Å². The highest BCUT2D eigenvalue weighted by atomic mass is 32.2. The fourth-order valence-corrected chi connectivity index (χ4v) is 4.65. The van der Waals surface area contributed by atoms with Crippen LogP contribution in [0.2, 0.25) is 0 Å². The zero-order valence-corrected chi connectivity index (χ0v) is 18.4. The number of fused-ring (bicyclic) bond motifs is 1. The number of carbonyl (C=O) groups excluding carboxylic acids is 1. The summed E-state index contributed by atoms with van der Waals surface area (Å²) < 4.78 is 25.5. The van der Waals surface area contributed by atoms with Gasteiger partial charge in [-0.25, -0.2) is 8.42 Å². The SMILES string of the molecule is CS(=O)(=O)N(CCN)c1ccc(NC(=C2C(=O)Nc3ccccc32)c2ccccc2)cc1. The van der Waals surface area contributed by atoms with E-state index >= 15 is 0 Å². The molecule has 0 aliphatic carbocycles. The van der Waals surface area contributed by atoms with E-state index in [1.807, 2.05) is 54.6 Å². The second-order valence-electron chi connectivity index (χ2n) is 7.41. The van der Waals surface area contributed by atoms with Crippen molar-refractivity contribution in [2.75, 3.05) is 34.3 Å². The van der Waals surface area contributed by atoms with Crippen LogP contribution in [0.15, 0.2) is 78.9 Å². The Kier molecular flexibility index (Phi) is 5.98. The highest BCUT2D eigenvalue weighted by Gasteiger charge is 2.28. The van der Waals surface area contributed by atoms with Crippen LogP contribution in [0.5, 0.6) is 0 Å². The van der Waals surface area contributed by atoms with Crippen molar-refractivity contribution in [2.24, 2.45) is 5.73 Å². The van der Waals surface area contributed by atoms with E-state index in [-0.39, 0.29) is 19.0 Å². The van der Waals surface area contributed by atoms with Gasteiger partial charge < -0.3 is 16.4 Å². The first-order valence-electron chi connectivity index (χ1n) is 10.1. The van der Waals surface area contributed by atoms with Gasteiger partial charge in [0.1, 0.15) is 0 Å². The molecule has 1 heterocycles. The van der Waals surface area contributed by atoms with Crippen LogP contribution in [0, 0.1) is 0 Å². The number of nitrogens with zero attached hydrogens (tertiary/aromatic N) is 1. The summed E-state index contributed by atoms with van der Waals surface area (Å²) in [7, 11) is -3.44. The average molecular weight is 449 g/mol. The second-order valence-corrected chi connectivity index (χ2v) is 9.32. The Morgan fingerprint density at radius 3 is 2.28 bits per heavy atom. The van der Waals surface area contributed by atoms with Gasteiger partial charge in [0.15, 0.2) is 0 Å². The van der Waals surface area contributed by atoms with Gasteiger partial charge in [-0.3, -0.25) is 9.10 Å². The van der Waals surface area contributed by atoms with E-state index in [4.69, 9.17) is 5.73 Å². The van der Waals surface area contributed by atoms with Crippen LogP contribution in [0.4, 0.5) is 17.1 Å². The topological polar surface area (TPSA) is 105 Å². The fraction of sp³-hybridized carbons (Fsp3) is 0.125. The van der Waals surface area contributed by atoms with Crippen molar-refractivity contribution in [2.45, 2.75) is 0 Å². The minimum atomic E-state index is -3.44. The maximum atomic E-state index is 12.9. The van der Waals surface area contributed by atoms with Gasteiger partial charge in [-0.05, 0) is 35.9 Å². The summed E-state index contributed by atoms with van der Waals surface area (Å²) in [4.78, 5) is 12.9. The van der Waals surface area contributed by atoms with Crippen LogP contribution < -0.4 is 20.7 Å². The molecule has 1 amide bonds. The van der Waals surface area contributed by atoms with Gasteiger partial charge in [-0.2, -0.15) is 0 Å². The first-order valence-corrected chi connectivity index (χ1v) is 12.0. The summed E-state index contributed by atoms with van der Waals surface area (Å²) in [5.74, 6) is -0.180. The van der Waals surface area contributed by atoms with Crippen molar-refractivity contribution in [1.82, 2.24) is 0 Å². The highest BCUT2D eigenvalue weighted by molar-refractivity contribution is 7.92. The van der Waals surface area contributed by atoms with Crippen LogP contribution in [-0.4, -0.2) is 33.7 Å². The lowest BCUT2D eigenvalue weighted by atomic mass is 10.00. The molecule has 0 unspecified atom stereocenters. The number of nitrogens with two attached hydrogens (primary N) is 1. The molecule has 3 aromatic carbocycles. The zero-order chi connectivity index (χ0) is 22.7. The molecular formula is C24H24N4O3S. The Morgan fingerprint density at radius 2 is 1.62 bits per heavy atom. The molecule has 32 heavy (non-hydrogen) atoms. The Labute approximate surface area is 187 Å². The van der Waals surface area contributed by atoms with Crippen molar-refractivity contribution in [3.63, 3.8) is 0 Å². The number of rotatable bonds is 7. The van der Waals surface area contributed by atoms with Crippen LogP contribution in [-0.2, 0) is 14.8 Å². The number of sulfonamides is 1. The van der Waals surface area contributed by atoms with Gasteiger partial charge in [0.2, 0.25) is 10.0 Å². The number of para-hydroxylation sites is 1. The molecule has 0 bridgehead atoms. The van der Waals surface area contributed by atoms with E-state index in [0.717, 1.165) is 28.8 Å². The first kappa shape index (κ1) is 21.6. The summed E-state index contributed by atoms with van der Waals surface area (Å²) >= 11 is 0. The molecule has 0 saturated heterocycles. The first-order chi connectivity index (χ1) is 15.4. The van der Waals surface area contributed by atoms with E-state index < -0.39 is 10.0 Å². The predicted molar refractivity (Wildman–Crippen MR) is 130 cm³/mol. The summed E-state index contributed by atoms with van der Waals surface area (Å²) in [6.07, 6.45) is 1.16. The molecule has 8 heteroatoms. The number of benzene rings is 3. The van der Waals surface area contributed by atoms with Crippen molar-refractivity contribution in [1.29, 1.82) is 0 Å². The van der Waals surface area contributed by atoms with E-state index in [0.29, 0.717) is 17.0 Å². The summed E-state index contributed by atoms with van der Waals surface area (Å²) in [6, 6.07) is 24.2. The van der Waals surface area contributed by atoms with Crippen molar-refractivity contribution in [3.05, 3.63) is 90.0 Å². The second kappa shape index (κ2) is 8.86. The number of amides is 1. The van der Waals surface area contributed by atoms with E-state index in [1.54, 1.807) is 24.3 Å². The molecule has 0 spiro atoms. The van der Waals surface area contributed by atoms with Crippen LogP contribution in [0.25, 0.3) is 11.3 Å². The minimum Gasteiger partial charge on any atom is -0.354 e. The molecular weight excluding hydrogens is 424 g/mol. The molecule has 0 atom stereocenters. The van der Waals surface area contributed by atoms with Crippen molar-refractivity contribution >= 4 is 44.3 Å². The largest absolute Gasteiger partial charge is 0.354 e. The Hall–Kier alpha value is -3.62. The molecule has 4 rings (SSSR count). The lowest BCUT2D eigenvalue weighted by Crippen LogP contribution is -2.34. The summed E-state index contributed by atoms with van der Waals surface area (Å²) in [5.41, 5.74) is 10.5. The smallest absolute Gasteiger partial charge is 0.258 e. The van der Waals surface area contributed by atoms with Gasteiger partial charge in [0, 0.05) is 30.0 Å². The van der Waals surface area contributed by atoms with Crippen LogP contribution in [0.3, 0.4) is 0 Å². The zero-order valence-electron chi connectivity index (χ0n) is 17.6. The van der Waals surface area contributed by atoms with Crippen molar-refractivity contribution < 1.29 is 13.2 Å². The minimum absolute atomic E-state index is 0.180. The van der Waals surface area contributed by atoms with Gasteiger partial charge >= 0.3 is 0 Å². The number of anilines is 3. The molecule has 0 radical (unpaired) electrons. The third-order valence-corrected chi connectivity index (χ3v) is 6.34. The highest BCUT2D eigenvalue weighted by Crippen LogP contribution is 2.37. The molecule has 0 aromatic heterocycles. The van der Waals surface area contributed by atoms with Gasteiger partial charge in [-0.15, -0.1) is 0 Å². The van der Waals surface area contributed by atoms with E-state index in [9.17, 15) is 13.2 Å². The Bertz CT molecular complexity index is 1270. The number of nitrogens with one attached hydrogen (secondary N) is 2. The molecule has 1 aliphatic rings. The summed E-state index contributed by atoms with van der Waals surface area (Å²) in [6.45, 7) is 0.410. The predicted octanol–water partition coefficient (Wildman–Crippen LogP) is 3.34. The molecule has 4 N–H and O–H groups in total. The third-order valence-electron chi connectivity index (χ3n) is 5.14. The molecule has 164 valence electrons. The van der Waals surface area contributed by atoms with Gasteiger partial charge in [0.05, 0.1) is 23.2 Å². The van der Waals surface area contributed by atoms with Gasteiger partial charge in [-0.1, -0.05) is 48.5 Å². The number of carbonyl (C=O) groups is 1. The molecule has 3 aromatic rings. The Morgan fingerprint density at radius 1 is 0.969 bits per heavy atom. The van der Waals surface area contributed by atoms with Crippen LogP contribution >= 0.6 is 0 Å². The lowest BCUT2D eigenvalue weighted by Gasteiger charge is -2.22. The van der Waals surface area contributed by atoms with Gasteiger partial charge in [0.25, 0.3) is 5.91 Å². The third kappa shape index (κ3) is 4.37. The van der Waals surface area contributed by atoms with Crippen molar-refractivity contribution in [3.8, 4) is 0 Å². The Balaban J connectivity index is 1.75. The molecule has 0 saturated carbocycles. The van der Waals surface area contributed by atoms with E-state index in [2.05, 4.69) is 10.6 Å². The normalized spacial score (nSPS) is 14.5. The number of hydrogen-bond donors (Lipinski definition) is 3. The number of hydrogen-bond acceptors (Lipinski definition) is 5. The summed E-state index contributed by atoms with van der Waals surface area (Å²) in [5, 5.41) is 6.29. The monoisotopic (exact) mass is 448 g/mol. The molecule has 7 nitrogen and oxygen atoms in total. The maximum absolute atomic E-state index is 12.9. The average Bonchev–Trinajstić information content (AvgIpc) is 3.12. The standard InChI is InChI=1S/C24H24N4O3S/c1-32(30,31)28(16-15-25)19-13-11-18(12-14-19)26-23(17-7-3-2-4-8-17)22-20-9-5-6-10-21(20)27-24(22)29/h2-14,26H,15-16,25H2,1H3,(H,27,29). The quantitative estimate of drug-likeness (QED) is 0.481. The fourth-order valence-electron chi connectivity index (χ4n) is 3.71. The lowest BCUT2D eigenvalue weighted by molar-refractivity contribution is -0.110. The van der Waals surface area contributed by atoms with E-state index in [1.165, 1.54) is 4.31 Å². The molecule has 0 fully saturated rings. The molecule has 1 aliphatic heterocycles. The maximum Gasteiger partial charge on any atom is 0.258 e.